The van der Waals surface area contributed by atoms with Crippen LogP contribution in [0.4, 0.5) is 0 Å². The Bertz CT molecular complexity index is 400. The molecule has 1 saturated carbocycles. The van der Waals surface area contributed by atoms with Crippen LogP contribution in [0.5, 0.6) is 5.75 Å². The third-order valence-corrected chi connectivity index (χ3v) is 4.53. The highest BCUT2D eigenvalue weighted by Crippen LogP contribution is 2.36. The Morgan fingerprint density at radius 1 is 1.21 bits per heavy atom. The van der Waals surface area contributed by atoms with Gasteiger partial charge in [-0.2, -0.15) is 0 Å². The van der Waals surface area contributed by atoms with Crippen LogP contribution in [0.1, 0.15) is 50.1 Å². The average molecular weight is 282 g/mol. The number of benzene rings is 1. The molecule has 0 saturated heterocycles. The number of ether oxygens (including phenoxy) is 1. The summed E-state index contributed by atoms with van der Waals surface area (Å²) >= 11 is 6.11. The number of halogens is 1. The molecule has 0 amide bonds. The van der Waals surface area contributed by atoms with Gasteiger partial charge in [0, 0.05) is 6.04 Å². The molecule has 1 aliphatic carbocycles. The summed E-state index contributed by atoms with van der Waals surface area (Å²) in [5.41, 5.74) is 1.29. The molecule has 0 aliphatic heterocycles. The van der Waals surface area contributed by atoms with Crippen LogP contribution in [0.25, 0.3) is 0 Å². The van der Waals surface area contributed by atoms with Gasteiger partial charge in [-0.25, -0.2) is 0 Å². The zero-order valence-corrected chi connectivity index (χ0v) is 12.7. The minimum atomic E-state index is 0.407. The molecule has 3 heteroatoms. The Kier molecular flexibility index (Phi) is 5.53. The standard InChI is InChI=1S/C16H24ClNO/c1-18-16(12-7-5-3-4-6-8-12)13-9-10-14(17)15(11-13)19-2/h9-12,16,18H,3-8H2,1-2H3. The maximum atomic E-state index is 6.11. The second-order valence-corrected chi connectivity index (χ2v) is 5.82. The van der Waals surface area contributed by atoms with Crippen molar-refractivity contribution in [3.8, 4) is 5.75 Å². The highest BCUT2D eigenvalue weighted by Gasteiger charge is 2.23. The number of methoxy groups -OCH3 is 1. The molecule has 1 fully saturated rings. The van der Waals surface area contributed by atoms with Crippen LogP contribution in [-0.2, 0) is 0 Å². The summed E-state index contributed by atoms with van der Waals surface area (Å²) in [6, 6.07) is 6.55. The fourth-order valence-corrected chi connectivity index (χ4v) is 3.38. The second-order valence-electron chi connectivity index (χ2n) is 5.41. The SMILES string of the molecule is CNC(c1ccc(Cl)c(OC)c1)C1CCCCCC1. The molecule has 2 nitrogen and oxygen atoms in total. The van der Waals surface area contributed by atoms with E-state index in [4.69, 9.17) is 16.3 Å². The molecule has 0 bridgehead atoms. The molecule has 0 radical (unpaired) electrons. The van der Waals surface area contributed by atoms with Crippen molar-refractivity contribution in [2.24, 2.45) is 5.92 Å². The normalized spacial score (nSPS) is 18.9. The van der Waals surface area contributed by atoms with E-state index in [0.717, 1.165) is 11.7 Å². The third kappa shape index (κ3) is 3.64. The average Bonchev–Trinajstić information content (AvgIpc) is 2.70. The molecule has 2 rings (SSSR count). The van der Waals surface area contributed by atoms with Crippen molar-refractivity contribution in [3.63, 3.8) is 0 Å². The minimum Gasteiger partial charge on any atom is -0.495 e. The lowest BCUT2D eigenvalue weighted by atomic mass is 9.87. The van der Waals surface area contributed by atoms with Crippen LogP contribution in [0, 0.1) is 5.92 Å². The van der Waals surface area contributed by atoms with Crippen molar-refractivity contribution >= 4 is 11.6 Å². The maximum absolute atomic E-state index is 6.11. The fraction of sp³-hybridized carbons (Fsp3) is 0.625. The Morgan fingerprint density at radius 2 is 1.89 bits per heavy atom. The first-order valence-corrected chi connectivity index (χ1v) is 7.64. The molecule has 1 unspecified atom stereocenters. The van der Waals surface area contributed by atoms with Gasteiger partial charge in [-0.05, 0) is 43.5 Å². The smallest absolute Gasteiger partial charge is 0.137 e. The van der Waals surface area contributed by atoms with E-state index in [1.807, 2.05) is 6.07 Å². The van der Waals surface area contributed by atoms with Crippen molar-refractivity contribution in [3.05, 3.63) is 28.8 Å². The van der Waals surface area contributed by atoms with Gasteiger partial charge in [-0.3, -0.25) is 0 Å². The molecule has 1 N–H and O–H groups in total. The molecule has 1 atom stereocenters. The molecule has 19 heavy (non-hydrogen) atoms. The van der Waals surface area contributed by atoms with Gasteiger partial charge in [-0.15, -0.1) is 0 Å². The van der Waals surface area contributed by atoms with E-state index >= 15 is 0 Å². The summed E-state index contributed by atoms with van der Waals surface area (Å²) in [5.74, 6) is 1.49. The first-order chi connectivity index (χ1) is 9.26. The van der Waals surface area contributed by atoms with Gasteiger partial charge in [0.15, 0.2) is 0 Å². The van der Waals surface area contributed by atoms with Crippen molar-refractivity contribution in [2.75, 3.05) is 14.2 Å². The molecule has 0 heterocycles. The predicted octanol–water partition coefficient (Wildman–Crippen LogP) is 4.58. The highest BCUT2D eigenvalue weighted by atomic mass is 35.5. The first-order valence-electron chi connectivity index (χ1n) is 7.27. The Balaban J connectivity index is 2.20. The fourth-order valence-electron chi connectivity index (χ4n) is 3.19. The van der Waals surface area contributed by atoms with Gasteiger partial charge in [0.2, 0.25) is 0 Å². The van der Waals surface area contributed by atoms with Crippen molar-refractivity contribution < 1.29 is 4.74 Å². The summed E-state index contributed by atoms with van der Waals surface area (Å²) in [6.07, 6.45) is 8.11. The van der Waals surface area contributed by atoms with Crippen LogP contribution in [0.2, 0.25) is 5.02 Å². The summed E-state index contributed by atoms with van der Waals surface area (Å²) in [6.45, 7) is 0. The summed E-state index contributed by atoms with van der Waals surface area (Å²) < 4.78 is 5.33. The predicted molar refractivity (Wildman–Crippen MR) is 81.0 cm³/mol. The highest BCUT2D eigenvalue weighted by molar-refractivity contribution is 6.32. The zero-order chi connectivity index (χ0) is 13.7. The van der Waals surface area contributed by atoms with Crippen molar-refractivity contribution in [1.82, 2.24) is 5.32 Å². The van der Waals surface area contributed by atoms with E-state index in [0.29, 0.717) is 11.1 Å². The van der Waals surface area contributed by atoms with Gasteiger partial charge in [-0.1, -0.05) is 43.4 Å². The van der Waals surface area contributed by atoms with E-state index < -0.39 is 0 Å². The van der Waals surface area contributed by atoms with Gasteiger partial charge in [0.05, 0.1) is 12.1 Å². The monoisotopic (exact) mass is 281 g/mol. The first kappa shape index (κ1) is 14.7. The van der Waals surface area contributed by atoms with Crippen molar-refractivity contribution in [1.29, 1.82) is 0 Å². The van der Waals surface area contributed by atoms with Crippen LogP contribution >= 0.6 is 11.6 Å². The number of hydrogen-bond acceptors (Lipinski definition) is 2. The number of hydrogen-bond donors (Lipinski definition) is 1. The topological polar surface area (TPSA) is 21.3 Å². The molecular formula is C16H24ClNO. The lowest BCUT2D eigenvalue weighted by Crippen LogP contribution is -2.25. The van der Waals surface area contributed by atoms with E-state index in [1.165, 1.54) is 44.1 Å². The number of rotatable bonds is 4. The van der Waals surface area contributed by atoms with E-state index in [2.05, 4.69) is 24.5 Å². The Morgan fingerprint density at radius 3 is 2.47 bits per heavy atom. The summed E-state index contributed by atoms with van der Waals surface area (Å²) in [4.78, 5) is 0. The molecule has 0 aromatic heterocycles. The molecule has 1 aliphatic rings. The molecule has 1 aromatic rings. The van der Waals surface area contributed by atoms with Gasteiger partial charge in [0.1, 0.15) is 5.75 Å². The van der Waals surface area contributed by atoms with Crippen molar-refractivity contribution in [2.45, 2.75) is 44.6 Å². The molecule has 0 spiro atoms. The lowest BCUT2D eigenvalue weighted by Gasteiger charge is -2.26. The molecule has 106 valence electrons. The molecule has 1 aromatic carbocycles. The Hall–Kier alpha value is -0.730. The zero-order valence-electron chi connectivity index (χ0n) is 11.9. The van der Waals surface area contributed by atoms with E-state index in [-0.39, 0.29) is 0 Å². The van der Waals surface area contributed by atoms with Crippen LogP contribution < -0.4 is 10.1 Å². The summed E-state index contributed by atoms with van der Waals surface area (Å²) in [7, 11) is 3.72. The minimum absolute atomic E-state index is 0.407. The van der Waals surface area contributed by atoms with Crippen LogP contribution in [0.3, 0.4) is 0 Å². The van der Waals surface area contributed by atoms with Gasteiger partial charge < -0.3 is 10.1 Å². The van der Waals surface area contributed by atoms with E-state index in [1.54, 1.807) is 7.11 Å². The molecular weight excluding hydrogens is 258 g/mol. The summed E-state index contributed by atoms with van der Waals surface area (Å²) in [5, 5.41) is 4.17. The maximum Gasteiger partial charge on any atom is 0.137 e. The van der Waals surface area contributed by atoms with Crippen LogP contribution in [-0.4, -0.2) is 14.2 Å². The lowest BCUT2D eigenvalue weighted by molar-refractivity contribution is 0.340. The van der Waals surface area contributed by atoms with Crippen LogP contribution in [0.15, 0.2) is 18.2 Å². The quantitative estimate of drug-likeness (QED) is 0.816. The Labute approximate surface area is 121 Å². The van der Waals surface area contributed by atoms with E-state index in [9.17, 15) is 0 Å². The third-order valence-electron chi connectivity index (χ3n) is 4.22. The number of nitrogens with one attached hydrogen (secondary N) is 1. The van der Waals surface area contributed by atoms with Gasteiger partial charge in [0.25, 0.3) is 0 Å². The van der Waals surface area contributed by atoms with Gasteiger partial charge >= 0.3 is 0 Å². The largest absolute Gasteiger partial charge is 0.495 e. The second kappa shape index (κ2) is 7.16.